The van der Waals surface area contributed by atoms with Crippen molar-refractivity contribution in [3.05, 3.63) is 73.3 Å². The molecule has 2 N–H and O–H groups in total. The summed E-state index contributed by atoms with van der Waals surface area (Å²) >= 11 is 0. The lowest BCUT2D eigenvalue weighted by Gasteiger charge is -2.18. The van der Waals surface area contributed by atoms with Crippen molar-refractivity contribution in [2.24, 2.45) is 0 Å². The fourth-order valence-corrected chi connectivity index (χ4v) is 4.33. The maximum atomic E-state index is 12.4. The molecule has 4 atom stereocenters. The average molecular weight is 474 g/mol. The predicted octanol–water partition coefficient (Wildman–Crippen LogP) is 2.18. The largest absolute Gasteiger partial charge is 0.423 e. The van der Waals surface area contributed by atoms with E-state index >= 15 is 0 Å². The van der Waals surface area contributed by atoms with Gasteiger partial charge in [0.05, 0.1) is 25.6 Å². The fourth-order valence-electron chi connectivity index (χ4n) is 4.33. The number of tetrazole rings is 1. The molecule has 0 spiro atoms. The Balaban J connectivity index is 1.10. The molecule has 12 nitrogen and oxygen atoms in total. The molecule has 2 aromatic carbocycles. The maximum Gasteiger partial charge on any atom is 0.341 e. The highest BCUT2D eigenvalue weighted by Gasteiger charge is 2.50. The van der Waals surface area contributed by atoms with E-state index in [9.17, 15) is 4.79 Å². The number of hydrogen-bond donors (Lipinski definition) is 2. The van der Waals surface area contributed by atoms with E-state index in [1.807, 2.05) is 65.4 Å². The van der Waals surface area contributed by atoms with Gasteiger partial charge in [-0.25, -0.2) is 9.78 Å². The first-order valence-electron chi connectivity index (χ1n) is 11.1. The van der Waals surface area contributed by atoms with Crippen molar-refractivity contribution in [3.8, 4) is 17.4 Å². The number of imidazole rings is 1. The predicted molar refractivity (Wildman–Crippen MR) is 122 cm³/mol. The number of benzene rings is 2. The van der Waals surface area contributed by atoms with Crippen LogP contribution in [0.15, 0.2) is 73.3 Å². The average Bonchev–Trinajstić information content (AvgIpc) is 3.67. The van der Waals surface area contributed by atoms with Gasteiger partial charge < -0.3 is 29.4 Å². The monoisotopic (exact) mass is 474 g/mol. The summed E-state index contributed by atoms with van der Waals surface area (Å²) in [7, 11) is 0. The SMILES string of the molecule is O=C(Nc1ccccc1)N[C@@H]1CO[C@@H]2[C@@H]1OC[C@@H]2n1nnnc1Oc1ccc(-n2ccnc2)cc1. The Bertz CT molecular complexity index is 1280. The summed E-state index contributed by atoms with van der Waals surface area (Å²) in [6, 6.07) is 16.1. The van der Waals surface area contributed by atoms with Crippen LogP contribution in [0.25, 0.3) is 5.69 Å². The number of hydrogen-bond acceptors (Lipinski definition) is 8. The number of carbonyl (C=O) groups excluding carboxylic acids is 1. The van der Waals surface area contributed by atoms with Gasteiger partial charge in [0.1, 0.15) is 24.0 Å². The standard InChI is InChI=1S/C23H22N8O4/c32-22(25-15-4-2-1-3-5-15)26-18-12-33-21-19(13-34-20(18)21)31-23(27-28-29-31)35-17-8-6-16(7-9-17)30-11-10-24-14-30/h1-11,14,18-21H,12-13H2,(H2,25,26,32)/t18-,19+,20-,21+/m1/s1. The number of rotatable bonds is 6. The van der Waals surface area contributed by atoms with Crippen molar-refractivity contribution in [2.75, 3.05) is 18.5 Å². The number of aromatic nitrogens is 6. The molecular formula is C23H22N8O4. The zero-order valence-electron chi connectivity index (χ0n) is 18.5. The zero-order chi connectivity index (χ0) is 23.6. The molecule has 6 rings (SSSR count). The molecule has 0 aliphatic carbocycles. The van der Waals surface area contributed by atoms with E-state index in [0.29, 0.717) is 24.7 Å². The van der Waals surface area contributed by atoms with Crippen molar-refractivity contribution in [1.82, 2.24) is 35.1 Å². The van der Waals surface area contributed by atoms with Gasteiger partial charge in [0.25, 0.3) is 0 Å². The van der Waals surface area contributed by atoms with E-state index in [1.165, 1.54) is 0 Å². The number of nitrogens with zero attached hydrogens (tertiary/aromatic N) is 6. The second kappa shape index (κ2) is 9.16. The Labute approximate surface area is 199 Å². The number of para-hydroxylation sites is 1. The summed E-state index contributed by atoms with van der Waals surface area (Å²) in [4.78, 5) is 16.5. The number of carbonyl (C=O) groups is 1. The lowest BCUT2D eigenvalue weighted by atomic mass is 10.1. The van der Waals surface area contributed by atoms with E-state index < -0.39 is 0 Å². The van der Waals surface area contributed by atoms with Crippen LogP contribution in [-0.2, 0) is 9.47 Å². The number of nitrogens with one attached hydrogen (secondary N) is 2. The first kappa shape index (κ1) is 21.3. The molecule has 0 radical (unpaired) electrons. The number of urea groups is 1. The van der Waals surface area contributed by atoms with Gasteiger partial charge in [-0.15, -0.1) is 0 Å². The van der Waals surface area contributed by atoms with Gasteiger partial charge in [-0.1, -0.05) is 23.3 Å². The Hall–Kier alpha value is -4.29. The summed E-state index contributed by atoms with van der Waals surface area (Å²) < 4.78 is 21.4. The summed E-state index contributed by atoms with van der Waals surface area (Å²) in [6.07, 6.45) is 4.65. The van der Waals surface area contributed by atoms with Crippen LogP contribution in [0, 0.1) is 0 Å². The van der Waals surface area contributed by atoms with E-state index in [-0.39, 0.29) is 36.3 Å². The van der Waals surface area contributed by atoms with Gasteiger partial charge in [-0.05, 0) is 46.8 Å². The second-order valence-corrected chi connectivity index (χ2v) is 8.21. The Morgan fingerprint density at radius 1 is 1.03 bits per heavy atom. The van der Waals surface area contributed by atoms with Crippen LogP contribution in [0.1, 0.15) is 6.04 Å². The van der Waals surface area contributed by atoms with Crippen LogP contribution < -0.4 is 15.4 Å². The maximum absolute atomic E-state index is 12.4. The lowest BCUT2D eigenvalue weighted by Crippen LogP contribution is -2.45. The molecule has 2 fully saturated rings. The highest BCUT2D eigenvalue weighted by Crippen LogP contribution is 2.36. The van der Waals surface area contributed by atoms with E-state index in [2.05, 4.69) is 31.1 Å². The van der Waals surface area contributed by atoms with Gasteiger partial charge in [-0.3, -0.25) is 0 Å². The van der Waals surface area contributed by atoms with Crippen molar-refractivity contribution in [2.45, 2.75) is 24.3 Å². The topological polar surface area (TPSA) is 130 Å². The fraction of sp³-hybridized carbons (Fsp3) is 0.261. The molecule has 2 amide bonds. The first-order chi connectivity index (χ1) is 17.2. The quantitative estimate of drug-likeness (QED) is 0.435. The van der Waals surface area contributed by atoms with Crippen LogP contribution in [-0.4, -0.2) is 67.3 Å². The Kier molecular flexibility index (Phi) is 5.56. The number of fused-ring (bicyclic) bond motifs is 1. The molecule has 2 aliphatic rings. The molecule has 35 heavy (non-hydrogen) atoms. The minimum absolute atomic E-state index is 0.233. The van der Waals surface area contributed by atoms with E-state index in [4.69, 9.17) is 14.2 Å². The molecule has 0 unspecified atom stereocenters. The molecule has 0 bridgehead atoms. The van der Waals surface area contributed by atoms with Gasteiger partial charge >= 0.3 is 12.0 Å². The molecular weight excluding hydrogens is 452 g/mol. The minimum Gasteiger partial charge on any atom is -0.423 e. The Morgan fingerprint density at radius 3 is 2.66 bits per heavy atom. The molecule has 4 aromatic rings. The molecule has 0 saturated carbocycles. The molecule has 2 saturated heterocycles. The summed E-state index contributed by atoms with van der Waals surface area (Å²) in [5.41, 5.74) is 1.66. The van der Waals surface area contributed by atoms with Crippen molar-refractivity contribution < 1.29 is 19.0 Å². The summed E-state index contributed by atoms with van der Waals surface area (Å²) in [5.74, 6) is 0.588. The lowest BCUT2D eigenvalue weighted by molar-refractivity contribution is 0.0613. The van der Waals surface area contributed by atoms with Gasteiger partial charge in [-0.2, -0.15) is 4.68 Å². The molecule has 2 aliphatic heterocycles. The normalized spacial score (nSPS) is 23.1. The second-order valence-electron chi connectivity index (χ2n) is 8.21. The van der Waals surface area contributed by atoms with Crippen LogP contribution in [0.5, 0.6) is 11.8 Å². The van der Waals surface area contributed by atoms with Crippen LogP contribution >= 0.6 is 0 Å². The third kappa shape index (κ3) is 4.32. The van der Waals surface area contributed by atoms with Crippen LogP contribution in [0.2, 0.25) is 0 Å². The first-order valence-corrected chi connectivity index (χ1v) is 11.1. The van der Waals surface area contributed by atoms with Gasteiger partial charge in [0.15, 0.2) is 0 Å². The Morgan fingerprint density at radius 2 is 1.86 bits per heavy atom. The summed E-state index contributed by atoms with van der Waals surface area (Å²) in [5, 5.41) is 17.7. The number of amides is 2. The number of ether oxygens (including phenoxy) is 3. The molecule has 4 heterocycles. The summed E-state index contributed by atoms with van der Waals surface area (Å²) in [6.45, 7) is 0.650. The highest BCUT2D eigenvalue weighted by molar-refractivity contribution is 5.89. The zero-order valence-corrected chi connectivity index (χ0v) is 18.5. The highest BCUT2D eigenvalue weighted by atomic mass is 16.6. The third-order valence-corrected chi connectivity index (χ3v) is 6.00. The molecule has 2 aromatic heterocycles. The van der Waals surface area contributed by atoms with Crippen LogP contribution in [0.3, 0.4) is 0 Å². The molecule has 178 valence electrons. The van der Waals surface area contributed by atoms with Crippen molar-refractivity contribution in [3.63, 3.8) is 0 Å². The van der Waals surface area contributed by atoms with Crippen molar-refractivity contribution in [1.29, 1.82) is 0 Å². The smallest absolute Gasteiger partial charge is 0.341 e. The van der Waals surface area contributed by atoms with E-state index in [0.717, 1.165) is 5.69 Å². The van der Waals surface area contributed by atoms with Crippen molar-refractivity contribution >= 4 is 11.7 Å². The molecule has 12 heteroatoms. The van der Waals surface area contributed by atoms with Gasteiger partial charge in [0.2, 0.25) is 0 Å². The van der Waals surface area contributed by atoms with Gasteiger partial charge in [0, 0.05) is 23.8 Å². The third-order valence-electron chi connectivity index (χ3n) is 6.00. The van der Waals surface area contributed by atoms with Crippen LogP contribution in [0.4, 0.5) is 10.5 Å². The minimum atomic E-state index is -0.327. The van der Waals surface area contributed by atoms with E-state index in [1.54, 1.807) is 17.2 Å². The number of anilines is 1.